The summed E-state index contributed by atoms with van der Waals surface area (Å²) in [6.45, 7) is 2.71. The second-order valence-electron chi connectivity index (χ2n) is 6.87. The summed E-state index contributed by atoms with van der Waals surface area (Å²) in [7, 11) is -3.50. The fourth-order valence-corrected chi connectivity index (χ4v) is 4.59. The Balaban J connectivity index is 1.61. The highest BCUT2D eigenvalue weighted by molar-refractivity contribution is 7.89. The highest BCUT2D eigenvalue weighted by Gasteiger charge is 2.25. The molecule has 0 aromatic heterocycles. The van der Waals surface area contributed by atoms with Gasteiger partial charge in [0.25, 0.3) is 5.91 Å². The Hall–Kier alpha value is -2.89. The Labute approximate surface area is 171 Å². The second-order valence-corrected chi connectivity index (χ2v) is 8.81. The van der Waals surface area contributed by atoms with Crippen LogP contribution in [0.5, 0.6) is 5.75 Å². The van der Waals surface area contributed by atoms with E-state index in [-0.39, 0.29) is 10.8 Å². The van der Waals surface area contributed by atoms with Crippen LogP contribution in [0.1, 0.15) is 31.7 Å². The Bertz CT molecular complexity index is 990. The van der Waals surface area contributed by atoms with Crippen LogP contribution in [0.4, 0.5) is 5.69 Å². The van der Waals surface area contributed by atoms with E-state index in [0.717, 1.165) is 19.3 Å². The molecular formula is C21H23N3O4S. The average Bonchev–Trinajstić information content (AvgIpc) is 2.75. The van der Waals surface area contributed by atoms with Gasteiger partial charge in [-0.2, -0.15) is 9.57 Å². The number of amides is 1. The van der Waals surface area contributed by atoms with E-state index in [4.69, 9.17) is 10.00 Å². The van der Waals surface area contributed by atoms with Crippen LogP contribution in [0.3, 0.4) is 0 Å². The predicted molar refractivity (Wildman–Crippen MR) is 109 cm³/mol. The van der Waals surface area contributed by atoms with Crippen molar-refractivity contribution in [2.24, 2.45) is 0 Å². The molecule has 8 heteroatoms. The molecule has 3 rings (SSSR count). The molecule has 0 bridgehead atoms. The van der Waals surface area contributed by atoms with Crippen molar-refractivity contribution in [1.29, 1.82) is 5.26 Å². The van der Waals surface area contributed by atoms with Crippen LogP contribution >= 0.6 is 0 Å². The number of carbonyl (C=O) groups is 1. The first-order valence-electron chi connectivity index (χ1n) is 9.48. The molecule has 2 aromatic carbocycles. The summed E-state index contributed by atoms with van der Waals surface area (Å²) in [6.07, 6.45) is 2.05. The summed E-state index contributed by atoms with van der Waals surface area (Å²) in [6, 6.07) is 14.7. The van der Waals surface area contributed by atoms with Crippen molar-refractivity contribution in [3.8, 4) is 11.8 Å². The number of nitrogens with zero attached hydrogens (tertiary/aromatic N) is 2. The van der Waals surface area contributed by atoms with Gasteiger partial charge in [-0.15, -0.1) is 0 Å². The van der Waals surface area contributed by atoms with Gasteiger partial charge in [0, 0.05) is 18.8 Å². The molecule has 0 saturated carbocycles. The fourth-order valence-electron chi connectivity index (χ4n) is 3.07. The number of nitriles is 1. The number of carbonyl (C=O) groups excluding carboxylic acids is 1. The predicted octanol–water partition coefficient (Wildman–Crippen LogP) is 3.14. The van der Waals surface area contributed by atoms with Crippen molar-refractivity contribution in [3.05, 3.63) is 54.1 Å². The Kier molecular flexibility index (Phi) is 6.52. The maximum atomic E-state index is 12.7. The van der Waals surface area contributed by atoms with Crippen molar-refractivity contribution < 1.29 is 17.9 Å². The Morgan fingerprint density at radius 3 is 2.28 bits per heavy atom. The third-order valence-corrected chi connectivity index (χ3v) is 6.65. The van der Waals surface area contributed by atoms with Crippen LogP contribution in [0.25, 0.3) is 0 Å². The van der Waals surface area contributed by atoms with Gasteiger partial charge in [0.05, 0.1) is 16.5 Å². The number of hydrogen-bond donors (Lipinski definition) is 1. The van der Waals surface area contributed by atoms with E-state index in [1.54, 1.807) is 43.3 Å². The highest BCUT2D eigenvalue weighted by atomic mass is 32.2. The monoisotopic (exact) mass is 413 g/mol. The van der Waals surface area contributed by atoms with Gasteiger partial charge in [0.2, 0.25) is 10.0 Å². The van der Waals surface area contributed by atoms with Crippen LogP contribution < -0.4 is 10.1 Å². The van der Waals surface area contributed by atoms with E-state index < -0.39 is 16.1 Å². The summed E-state index contributed by atoms with van der Waals surface area (Å²) < 4.78 is 32.4. The molecule has 0 aliphatic carbocycles. The van der Waals surface area contributed by atoms with Crippen LogP contribution in [0.2, 0.25) is 0 Å². The molecule has 1 aliphatic heterocycles. The topological polar surface area (TPSA) is 99.5 Å². The lowest BCUT2D eigenvalue weighted by Crippen LogP contribution is -2.35. The number of anilines is 1. The number of nitrogens with one attached hydrogen (secondary N) is 1. The summed E-state index contributed by atoms with van der Waals surface area (Å²) in [5.41, 5.74) is 0.997. The molecule has 152 valence electrons. The van der Waals surface area contributed by atoms with E-state index in [1.165, 1.54) is 16.4 Å². The van der Waals surface area contributed by atoms with Crippen LogP contribution in [0.15, 0.2) is 53.4 Å². The van der Waals surface area contributed by atoms with Crippen molar-refractivity contribution >= 4 is 21.6 Å². The van der Waals surface area contributed by atoms with Crippen molar-refractivity contribution in [1.82, 2.24) is 4.31 Å². The molecule has 1 atom stereocenters. The molecule has 1 amide bonds. The number of ether oxygens (including phenoxy) is 1. The first kappa shape index (κ1) is 20.8. The van der Waals surface area contributed by atoms with E-state index >= 15 is 0 Å². The molecule has 1 heterocycles. The molecule has 7 nitrogen and oxygen atoms in total. The minimum absolute atomic E-state index is 0.222. The SMILES string of the molecule is C[C@@H](Oc1ccc(C#N)cc1)C(=O)Nc1ccc(S(=O)(=O)N2CCCCC2)cc1. The molecule has 29 heavy (non-hydrogen) atoms. The normalized spacial score (nSPS) is 15.9. The standard InChI is InChI=1S/C21H23N3O4S/c1-16(28-19-9-5-17(15-22)6-10-19)21(25)23-18-7-11-20(12-8-18)29(26,27)24-13-3-2-4-14-24/h5-12,16H,2-4,13-14H2,1H3,(H,23,25)/t16-/m1/s1. The zero-order valence-electron chi connectivity index (χ0n) is 16.2. The third kappa shape index (κ3) is 5.13. The molecule has 1 fully saturated rings. The molecule has 0 unspecified atom stereocenters. The maximum absolute atomic E-state index is 12.7. The molecule has 0 spiro atoms. The number of benzene rings is 2. The van der Waals surface area contributed by atoms with Gasteiger partial charge < -0.3 is 10.1 Å². The molecule has 1 saturated heterocycles. The smallest absolute Gasteiger partial charge is 0.265 e. The Morgan fingerprint density at radius 2 is 1.69 bits per heavy atom. The zero-order chi connectivity index (χ0) is 20.9. The Morgan fingerprint density at radius 1 is 1.07 bits per heavy atom. The van der Waals surface area contributed by atoms with Gasteiger partial charge in [-0.05, 0) is 68.3 Å². The zero-order valence-corrected chi connectivity index (χ0v) is 17.0. The van der Waals surface area contributed by atoms with Crippen molar-refractivity contribution in [2.75, 3.05) is 18.4 Å². The quantitative estimate of drug-likeness (QED) is 0.784. The summed E-state index contributed by atoms with van der Waals surface area (Å²) in [5.74, 6) is 0.121. The lowest BCUT2D eigenvalue weighted by molar-refractivity contribution is -0.122. The number of rotatable bonds is 6. The summed E-state index contributed by atoms with van der Waals surface area (Å²) in [5, 5.41) is 11.5. The van der Waals surface area contributed by atoms with Gasteiger partial charge in [-0.1, -0.05) is 6.42 Å². The molecular weight excluding hydrogens is 390 g/mol. The largest absolute Gasteiger partial charge is 0.481 e. The first-order chi connectivity index (χ1) is 13.9. The minimum atomic E-state index is -3.50. The fraction of sp³-hybridized carbons (Fsp3) is 0.333. The van der Waals surface area contributed by atoms with Crippen LogP contribution in [0, 0.1) is 11.3 Å². The van der Waals surface area contributed by atoms with Gasteiger partial charge in [-0.25, -0.2) is 8.42 Å². The van der Waals surface area contributed by atoms with Gasteiger partial charge >= 0.3 is 0 Å². The lowest BCUT2D eigenvalue weighted by atomic mass is 10.2. The second kappa shape index (κ2) is 9.07. The van der Waals surface area contributed by atoms with Gasteiger partial charge in [-0.3, -0.25) is 4.79 Å². The summed E-state index contributed by atoms with van der Waals surface area (Å²) in [4.78, 5) is 12.6. The van der Waals surface area contributed by atoms with E-state index in [1.807, 2.05) is 6.07 Å². The molecule has 2 aromatic rings. The average molecular weight is 413 g/mol. The number of sulfonamides is 1. The minimum Gasteiger partial charge on any atom is -0.481 e. The van der Waals surface area contributed by atoms with E-state index in [9.17, 15) is 13.2 Å². The van der Waals surface area contributed by atoms with Crippen LogP contribution in [-0.2, 0) is 14.8 Å². The number of piperidine rings is 1. The summed E-state index contributed by atoms with van der Waals surface area (Å²) >= 11 is 0. The van der Waals surface area contributed by atoms with E-state index in [2.05, 4.69) is 5.32 Å². The van der Waals surface area contributed by atoms with Crippen LogP contribution in [-0.4, -0.2) is 37.8 Å². The van der Waals surface area contributed by atoms with E-state index in [0.29, 0.717) is 30.1 Å². The third-order valence-electron chi connectivity index (χ3n) is 4.74. The number of hydrogen-bond acceptors (Lipinski definition) is 5. The molecule has 1 aliphatic rings. The van der Waals surface area contributed by atoms with Gasteiger partial charge in [0.1, 0.15) is 5.75 Å². The highest BCUT2D eigenvalue weighted by Crippen LogP contribution is 2.22. The lowest BCUT2D eigenvalue weighted by Gasteiger charge is -2.25. The van der Waals surface area contributed by atoms with Crippen molar-refractivity contribution in [2.45, 2.75) is 37.2 Å². The maximum Gasteiger partial charge on any atom is 0.265 e. The van der Waals surface area contributed by atoms with Crippen molar-refractivity contribution in [3.63, 3.8) is 0 Å². The van der Waals surface area contributed by atoms with Gasteiger partial charge in [0.15, 0.2) is 6.10 Å². The molecule has 1 N–H and O–H groups in total. The molecule has 0 radical (unpaired) electrons. The first-order valence-corrected chi connectivity index (χ1v) is 10.9.